The van der Waals surface area contributed by atoms with Gasteiger partial charge in [-0.3, -0.25) is 0 Å². The highest BCUT2D eigenvalue weighted by atomic mass is 15.3. The van der Waals surface area contributed by atoms with Crippen LogP contribution in [0.25, 0.3) is 23.2 Å². The molecule has 0 radical (unpaired) electrons. The quantitative estimate of drug-likeness (QED) is 0.720. The summed E-state index contributed by atoms with van der Waals surface area (Å²) in [4.78, 5) is 8.31. The lowest BCUT2D eigenvalue weighted by molar-refractivity contribution is 0.767. The van der Waals surface area contributed by atoms with Crippen LogP contribution in [0.4, 0.5) is 0 Å². The Bertz CT molecular complexity index is 788. The lowest BCUT2D eigenvalue weighted by Crippen LogP contribution is -2.06. The van der Waals surface area contributed by atoms with Crippen molar-refractivity contribution in [3.8, 4) is 17.1 Å². The number of benzene rings is 1. The van der Waals surface area contributed by atoms with Gasteiger partial charge in [0.1, 0.15) is 12.0 Å². The summed E-state index contributed by atoms with van der Waals surface area (Å²) in [5.41, 5.74) is 4.56. The van der Waals surface area contributed by atoms with Gasteiger partial charge < -0.3 is 0 Å². The van der Waals surface area contributed by atoms with E-state index < -0.39 is 0 Å². The maximum absolute atomic E-state index is 4.81. The second-order valence-corrected chi connectivity index (χ2v) is 5.00. The predicted molar refractivity (Wildman–Crippen MR) is 81.9 cm³/mol. The van der Waals surface area contributed by atoms with Crippen LogP contribution >= 0.6 is 0 Å². The molecular formula is C17H14N4. The summed E-state index contributed by atoms with van der Waals surface area (Å²) in [6.07, 6.45) is 9.71. The molecule has 0 unspecified atom stereocenters. The molecular weight excluding hydrogens is 260 g/mol. The van der Waals surface area contributed by atoms with Crippen LogP contribution in [0.5, 0.6) is 0 Å². The molecule has 0 atom stereocenters. The second-order valence-electron chi connectivity index (χ2n) is 5.00. The Labute approximate surface area is 122 Å². The Morgan fingerprint density at radius 3 is 2.76 bits per heavy atom. The van der Waals surface area contributed by atoms with Crippen LogP contribution < -0.4 is 0 Å². The summed E-state index contributed by atoms with van der Waals surface area (Å²) in [6, 6.07) is 12.2. The van der Waals surface area contributed by atoms with Crippen molar-refractivity contribution in [3.63, 3.8) is 0 Å². The molecule has 4 rings (SSSR count). The molecule has 1 aromatic carbocycles. The number of aromatic nitrogens is 4. The molecule has 21 heavy (non-hydrogen) atoms. The van der Waals surface area contributed by atoms with Gasteiger partial charge in [0, 0.05) is 23.4 Å². The number of fused-ring (bicyclic) bond motifs is 1. The monoisotopic (exact) mass is 274 g/mol. The summed E-state index contributed by atoms with van der Waals surface area (Å²) < 4.78 is 1.95. The first-order valence-corrected chi connectivity index (χ1v) is 7.04. The van der Waals surface area contributed by atoms with Gasteiger partial charge in [0.15, 0.2) is 5.82 Å². The van der Waals surface area contributed by atoms with Crippen molar-refractivity contribution < 1.29 is 0 Å². The first-order valence-electron chi connectivity index (χ1n) is 7.04. The minimum absolute atomic E-state index is 0.818. The number of hydrogen-bond acceptors (Lipinski definition) is 3. The maximum Gasteiger partial charge on any atom is 0.157 e. The number of nitrogens with zero attached hydrogens (tertiary/aromatic N) is 4. The van der Waals surface area contributed by atoms with Gasteiger partial charge in [0.2, 0.25) is 0 Å². The smallest absolute Gasteiger partial charge is 0.157 e. The third-order valence-electron chi connectivity index (χ3n) is 3.68. The first-order chi connectivity index (χ1) is 10.4. The van der Waals surface area contributed by atoms with Crippen LogP contribution in [0, 0.1) is 0 Å². The van der Waals surface area contributed by atoms with Gasteiger partial charge in [-0.05, 0) is 12.8 Å². The predicted octanol–water partition coefficient (Wildman–Crippen LogP) is 3.29. The number of hydrogen-bond donors (Lipinski definition) is 0. The fraction of sp³-hybridized carbons (Fsp3) is 0.118. The summed E-state index contributed by atoms with van der Waals surface area (Å²) in [7, 11) is 0. The molecule has 1 aliphatic carbocycles. The fourth-order valence-corrected chi connectivity index (χ4v) is 2.71. The topological polar surface area (TPSA) is 43.6 Å². The van der Waals surface area contributed by atoms with E-state index in [1.807, 2.05) is 28.9 Å². The van der Waals surface area contributed by atoms with E-state index in [-0.39, 0.29) is 0 Å². The third-order valence-corrected chi connectivity index (χ3v) is 3.68. The van der Waals surface area contributed by atoms with Gasteiger partial charge in [-0.15, -0.1) is 0 Å². The average Bonchev–Trinajstić information content (AvgIpc) is 2.96. The average molecular weight is 274 g/mol. The van der Waals surface area contributed by atoms with E-state index in [4.69, 9.17) is 5.10 Å². The van der Waals surface area contributed by atoms with E-state index in [0.717, 1.165) is 29.9 Å². The number of allylic oxidation sites excluding steroid dienone is 1. The zero-order valence-corrected chi connectivity index (χ0v) is 11.5. The zero-order valence-electron chi connectivity index (χ0n) is 11.5. The summed E-state index contributed by atoms with van der Waals surface area (Å²) in [5, 5.41) is 4.81. The van der Waals surface area contributed by atoms with Gasteiger partial charge in [-0.1, -0.05) is 42.5 Å². The van der Waals surface area contributed by atoms with Crippen molar-refractivity contribution in [2.45, 2.75) is 12.8 Å². The Balaban J connectivity index is 1.94. The van der Waals surface area contributed by atoms with Crippen LogP contribution in [0.2, 0.25) is 0 Å². The van der Waals surface area contributed by atoms with E-state index in [0.29, 0.717) is 0 Å². The SMILES string of the molecule is C1=Cc2c(-c3ccccc3)nn(-c3ccncn3)c2CC1. The normalized spacial score (nSPS) is 13.1. The molecule has 0 fully saturated rings. The molecule has 3 aromatic rings. The molecule has 0 bridgehead atoms. The van der Waals surface area contributed by atoms with Crippen LogP contribution in [0.1, 0.15) is 17.7 Å². The molecule has 102 valence electrons. The summed E-state index contributed by atoms with van der Waals surface area (Å²) in [5.74, 6) is 0.818. The van der Waals surface area contributed by atoms with E-state index in [2.05, 4.69) is 34.3 Å². The molecule has 0 aliphatic heterocycles. The minimum Gasteiger partial charge on any atom is -0.245 e. The highest BCUT2D eigenvalue weighted by molar-refractivity contribution is 5.75. The molecule has 0 amide bonds. The van der Waals surface area contributed by atoms with Crippen molar-refractivity contribution >= 4 is 6.08 Å². The van der Waals surface area contributed by atoms with Gasteiger partial charge in [0.05, 0.1) is 5.69 Å². The van der Waals surface area contributed by atoms with Crippen molar-refractivity contribution in [2.24, 2.45) is 0 Å². The fourth-order valence-electron chi connectivity index (χ4n) is 2.71. The molecule has 1 aliphatic rings. The summed E-state index contributed by atoms with van der Waals surface area (Å²) >= 11 is 0. The third kappa shape index (κ3) is 2.05. The number of rotatable bonds is 2. The Hall–Kier alpha value is -2.75. The Morgan fingerprint density at radius 1 is 1.05 bits per heavy atom. The van der Waals surface area contributed by atoms with Gasteiger partial charge in [-0.2, -0.15) is 5.10 Å². The largest absolute Gasteiger partial charge is 0.245 e. The lowest BCUT2D eigenvalue weighted by Gasteiger charge is -2.09. The highest BCUT2D eigenvalue weighted by Crippen LogP contribution is 2.31. The van der Waals surface area contributed by atoms with Crippen LogP contribution in [0.15, 0.2) is 55.0 Å². The highest BCUT2D eigenvalue weighted by Gasteiger charge is 2.20. The standard InChI is InChI=1S/C17H14N4/c1-2-6-13(7-3-1)17-14-8-4-5-9-15(14)21(20-17)16-10-11-18-12-19-16/h1-4,6-8,10-12H,5,9H2. The van der Waals surface area contributed by atoms with E-state index in [1.54, 1.807) is 12.5 Å². The lowest BCUT2D eigenvalue weighted by atomic mass is 9.99. The Kier molecular flexibility index (Phi) is 2.85. The molecule has 2 aromatic heterocycles. The summed E-state index contributed by atoms with van der Waals surface area (Å²) in [6.45, 7) is 0. The van der Waals surface area contributed by atoms with Crippen LogP contribution in [-0.4, -0.2) is 19.7 Å². The molecule has 0 spiro atoms. The van der Waals surface area contributed by atoms with Gasteiger partial charge >= 0.3 is 0 Å². The first kappa shape index (κ1) is 12.0. The molecule has 4 nitrogen and oxygen atoms in total. The second kappa shape index (κ2) is 4.98. The van der Waals surface area contributed by atoms with Crippen LogP contribution in [-0.2, 0) is 6.42 Å². The molecule has 0 saturated heterocycles. The van der Waals surface area contributed by atoms with Gasteiger partial charge in [-0.25, -0.2) is 14.6 Å². The molecule has 0 saturated carbocycles. The van der Waals surface area contributed by atoms with Crippen LogP contribution in [0.3, 0.4) is 0 Å². The van der Waals surface area contributed by atoms with Crippen molar-refractivity contribution in [2.75, 3.05) is 0 Å². The van der Waals surface area contributed by atoms with E-state index in [9.17, 15) is 0 Å². The Morgan fingerprint density at radius 2 is 1.95 bits per heavy atom. The van der Waals surface area contributed by atoms with E-state index in [1.165, 1.54) is 11.3 Å². The molecule has 2 heterocycles. The minimum atomic E-state index is 0.818. The van der Waals surface area contributed by atoms with E-state index >= 15 is 0 Å². The van der Waals surface area contributed by atoms with Gasteiger partial charge in [0.25, 0.3) is 0 Å². The zero-order chi connectivity index (χ0) is 14.1. The maximum atomic E-state index is 4.81. The van der Waals surface area contributed by atoms with Crippen molar-refractivity contribution in [3.05, 3.63) is 66.3 Å². The van der Waals surface area contributed by atoms with Crippen molar-refractivity contribution in [1.29, 1.82) is 0 Å². The molecule has 4 heteroatoms. The van der Waals surface area contributed by atoms with Crippen molar-refractivity contribution in [1.82, 2.24) is 19.7 Å². The molecule has 0 N–H and O–H groups in total.